The van der Waals surface area contributed by atoms with E-state index in [2.05, 4.69) is 18.8 Å². The highest BCUT2D eigenvalue weighted by Gasteiger charge is 2.20. The molecular formula is C18H20FN3OS. The van der Waals surface area contributed by atoms with E-state index >= 15 is 0 Å². The molecule has 3 rings (SSSR count). The van der Waals surface area contributed by atoms with Gasteiger partial charge in [0.05, 0.1) is 5.69 Å². The number of halogens is 1. The van der Waals surface area contributed by atoms with Crippen LogP contribution in [0.1, 0.15) is 37.2 Å². The van der Waals surface area contributed by atoms with Gasteiger partial charge in [0.15, 0.2) is 4.96 Å². The molecule has 0 aliphatic rings. The van der Waals surface area contributed by atoms with Crippen molar-refractivity contribution in [3.05, 3.63) is 47.4 Å². The van der Waals surface area contributed by atoms with Gasteiger partial charge in [0.25, 0.3) is 5.91 Å². The van der Waals surface area contributed by atoms with E-state index in [0.29, 0.717) is 5.69 Å². The fourth-order valence-corrected chi connectivity index (χ4v) is 3.56. The monoisotopic (exact) mass is 345 g/mol. The molecule has 0 saturated carbocycles. The van der Waals surface area contributed by atoms with Crippen LogP contribution >= 0.6 is 11.3 Å². The molecule has 0 bridgehead atoms. The van der Waals surface area contributed by atoms with E-state index in [4.69, 9.17) is 0 Å². The maximum Gasteiger partial charge on any atom is 0.271 e. The van der Waals surface area contributed by atoms with Gasteiger partial charge >= 0.3 is 0 Å². The number of hydrogen-bond donors (Lipinski definition) is 0. The van der Waals surface area contributed by atoms with Crippen LogP contribution in [0, 0.1) is 5.82 Å². The van der Waals surface area contributed by atoms with E-state index in [1.54, 1.807) is 12.1 Å². The number of nitrogens with zero attached hydrogens (tertiary/aromatic N) is 3. The third-order valence-electron chi connectivity index (χ3n) is 3.84. The zero-order chi connectivity index (χ0) is 17.1. The Kier molecular flexibility index (Phi) is 4.94. The Balaban J connectivity index is 1.95. The van der Waals surface area contributed by atoms with Crippen molar-refractivity contribution in [3.63, 3.8) is 0 Å². The van der Waals surface area contributed by atoms with Crippen LogP contribution in [0.2, 0.25) is 0 Å². The molecule has 2 aromatic heterocycles. The first kappa shape index (κ1) is 16.6. The molecule has 0 atom stereocenters. The molecule has 0 aliphatic carbocycles. The normalized spacial score (nSPS) is 11.1. The summed E-state index contributed by atoms with van der Waals surface area (Å²) < 4.78 is 14.9. The lowest BCUT2D eigenvalue weighted by Crippen LogP contribution is -2.33. The third kappa shape index (κ3) is 3.19. The molecular weight excluding hydrogens is 325 g/mol. The number of fused-ring (bicyclic) bond motifs is 1. The lowest BCUT2D eigenvalue weighted by molar-refractivity contribution is 0.0749. The van der Waals surface area contributed by atoms with Gasteiger partial charge in [-0.2, -0.15) is 0 Å². The molecule has 24 heavy (non-hydrogen) atoms. The molecule has 0 aliphatic heterocycles. The minimum absolute atomic E-state index is 0.0352. The second-order valence-corrected chi connectivity index (χ2v) is 6.54. The van der Waals surface area contributed by atoms with Crippen LogP contribution in [-0.4, -0.2) is 33.3 Å². The highest BCUT2D eigenvalue weighted by Crippen LogP contribution is 2.24. The summed E-state index contributed by atoms with van der Waals surface area (Å²) in [4.78, 5) is 20.0. The van der Waals surface area contributed by atoms with Gasteiger partial charge in [0.2, 0.25) is 0 Å². The molecule has 6 heteroatoms. The predicted molar refractivity (Wildman–Crippen MR) is 94.9 cm³/mol. The third-order valence-corrected chi connectivity index (χ3v) is 4.68. The summed E-state index contributed by atoms with van der Waals surface area (Å²) in [5, 5.41) is 1.86. The van der Waals surface area contributed by atoms with Gasteiger partial charge in [0, 0.05) is 30.2 Å². The van der Waals surface area contributed by atoms with E-state index in [0.717, 1.165) is 42.1 Å². The minimum Gasteiger partial charge on any atom is -0.337 e. The molecule has 4 nitrogen and oxygen atoms in total. The SMILES string of the molecule is CCCN(CCC)C(=O)c1csc2nc(-c3ccc(F)cc3)cn12. The molecule has 126 valence electrons. The number of carbonyl (C=O) groups is 1. The molecule has 0 saturated heterocycles. The van der Waals surface area contributed by atoms with Gasteiger partial charge in [-0.1, -0.05) is 13.8 Å². The van der Waals surface area contributed by atoms with Gasteiger partial charge in [-0.05, 0) is 37.1 Å². The first-order valence-electron chi connectivity index (χ1n) is 8.15. The van der Waals surface area contributed by atoms with Gasteiger partial charge in [-0.25, -0.2) is 9.37 Å². The second kappa shape index (κ2) is 7.13. The molecule has 0 unspecified atom stereocenters. The fourth-order valence-electron chi connectivity index (χ4n) is 2.71. The highest BCUT2D eigenvalue weighted by atomic mass is 32.1. The Morgan fingerprint density at radius 3 is 2.50 bits per heavy atom. The lowest BCUT2D eigenvalue weighted by Gasteiger charge is -2.20. The van der Waals surface area contributed by atoms with E-state index in [1.165, 1.54) is 23.5 Å². The Hall–Kier alpha value is -2.21. The maximum atomic E-state index is 13.1. The van der Waals surface area contributed by atoms with Crippen molar-refractivity contribution < 1.29 is 9.18 Å². The fraction of sp³-hybridized carbons (Fsp3) is 0.333. The first-order chi connectivity index (χ1) is 11.6. The van der Waals surface area contributed by atoms with Gasteiger partial charge in [-0.3, -0.25) is 9.20 Å². The number of rotatable bonds is 6. The van der Waals surface area contributed by atoms with Crippen LogP contribution in [0.3, 0.4) is 0 Å². The number of benzene rings is 1. The number of carbonyl (C=O) groups excluding carboxylic acids is 1. The number of aromatic nitrogens is 2. The van der Waals surface area contributed by atoms with E-state index in [-0.39, 0.29) is 11.7 Å². The van der Waals surface area contributed by atoms with Crippen molar-refractivity contribution in [1.82, 2.24) is 14.3 Å². The second-order valence-electron chi connectivity index (χ2n) is 5.70. The summed E-state index contributed by atoms with van der Waals surface area (Å²) in [7, 11) is 0. The van der Waals surface area contributed by atoms with Crippen LogP contribution < -0.4 is 0 Å². The number of amides is 1. The van der Waals surface area contributed by atoms with Crippen molar-refractivity contribution in [2.45, 2.75) is 26.7 Å². The van der Waals surface area contributed by atoms with Crippen molar-refractivity contribution in [2.75, 3.05) is 13.1 Å². The van der Waals surface area contributed by atoms with Crippen LogP contribution in [0.5, 0.6) is 0 Å². The van der Waals surface area contributed by atoms with Crippen LogP contribution in [0.15, 0.2) is 35.8 Å². The van der Waals surface area contributed by atoms with Crippen molar-refractivity contribution in [3.8, 4) is 11.3 Å². The molecule has 0 radical (unpaired) electrons. The predicted octanol–water partition coefficient (Wildman–Crippen LogP) is 4.46. The zero-order valence-corrected chi connectivity index (χ0v) is 14.6. The minimum atomic E-state index is -0.273. The molecule has 0 fully saturated rings. The molecule has 1 amide bonds. The molecule has 0 spiro atoms. The Labute approximate surface area is 144 Å². The summed E-state index contributed by atoms with van der Waals surface area (Å²) in [5.41, 5.74) is 2.22. The summed E-state index contributed by atoms with van der Waals surface area (Å²) in [6, 6.07) is 6.23. The molecule has 2 heterocycles. The summed E-state index contributed by atoms with van der Waals surface area (Å²) in [5.74, 6) is -0.238. The van der Waals surface area contributed by atoms with E-state index in [9.17, 15) is 9.18 Å². The van der Waals surface area contributed by atoms with Crippen LogP contribution in [0.25, 0.3) is 16.2 Å². The smallest absolute Gasteiger partial charge is 0.271 e. The Morgan fingerprint density at radius 1 is 1.21 bits per heavy atom. The maximum absolute atomic E-state index is 13.1. The topological polar surface area (TPSA) is 37.6 Å². The van der Waals surface area contributed by atoms with Crippen LogP contribution in [0.4, 0.5) is 4.39 Å². The van der Waals surface area contributed by atoms with Gasteiger partial charge < -0.3 is 4.90 Å². The van der Waals surface area contributed by atoms with Crippen molar-refractivity contribution in [2.24, 2.45) is 0 Å². The van der Waals surface area contributed by atoms with E-state index in [1.807, 2.05) is 20.9 Å². The zero-order valence-electron chi connectivity index (χ0n) is 13.8. The Morgan fingerprint density at radius 2 is 1.88 bits per heavy atom. The van der Waals surface area contributed by atoms with Gasteiger partial charge in [-0.15, -0.1) is 11.3 Å². The number of hydrogen-bond acceptors (Lipinski definition) is 3. The largest absolute Gasteiger partial charge is 0.337 e. The quantitative estimate of drug-likeness (QED) is 0.661. The first-order valence-corrected chi connectivity index (χ1v) is 9.03. The Bertz CT molecular complexity index is 832. The summed E-state index contributed by atoms with van der Waals surface area (Å²) in [6.07, 6.45) is 3.72. The molecule has 0 N–H and O–H groups in total. The molecule has 1 aromatic carbocycles. The standard InChI is InChI=1S/C18H20FN3OS/c1-3-9-21(10-4-2)17(23)16-12-24-18-20-15(11-22(16)18)13-5-7-14(19)8-6-13/h5-8,11-12H,3-4,9-10H2,1-2H3. The average molecular weight is 345 g/mol. The number of thiazole rings is 1. The van der Waals surface area contributed by atoms with Gasteiger partial charge in [0.1, 0.15) is 11.5 Å². The summed E-state index contributed by atoms with van der Waals surface area (Å²) >= 11 is 1.44. The molecule has 3 aromatic rings. The van der Waals surface area contributed by atoms with Crippen molar-refractivity contribution >= 4 is 22.2 Å². The summed E-state index contributed by atoms with van der Waals surface area (Å²) in [6.45, 7) is 5.65. The number of imidazole rings is 1. The van der Waals surface area contributed by atoms with Crippen molar-refractivity contribution in [1.29, 1.82) is 0 Å². The average Bonchev–Trinajstić information content (AvgIpc) is 3.15. The highest BCUT2D eigenvalue weighted by molar-refractivity contribution is 7.15. The van der Waals surface area contributed by atoms with E-state index < -0.39 is 0 Å². The lowest BCUT2D eigenvalue weighted by atomic mass is 10.2. The van der Waals surface area contributed by atoms with Crippen LogP contribution in [-0.2, 0) is 0 Å².